The minimum atomic E-state index is 0.425. The Kier molecular flexibility index (Phi) is 3.45. The first-order valence-electron chi connectivity index (χ1n) is 6.29. The van der Waals surface area contributed by atoms with Crippen LogP contribution in [0.2, 0.25) is 0 Å². The fourth-order valence-corrected chi connectivity index (χ4v) is 3.11. The van der Waals surface area contributed by atoms with E-state index in [1.165, 1.54) is 45.1 Å². The van der Waals surface area contributed by atoms with Crippen LogP contribution in [0, 0.1) is 5.92 Å². The van der Waals surface area contributed by atoms with Crippen LogP contribution >= 0.6 is 0 Å². The van der Waals surface area contributed by atoms with Crippen LogP contribution in [0.1, 0.15) is 45.4 Å². The smallest absolute Gasteiger partial charge is 0.0167 e. The molecule has 0 aromatic heterocycles. The van der Waals surface area contributed by atoms with Crippen LogP contribution < -0.4 is 5.73 Å². The van der Waals surface area contributed by atoms with Crippen LogP contribution in [-0.2, 0) is 0 Å². The Labute approximate surface area is 87.8 Å². The first-order chi connectivity index (χ1) is 6.79. The Balaban J connectivity index is 1.70. The molecule has 2 rings (SSSR count). The maximum atomic E-state index is 6.13. The minimum absolute atomic E-state index is 0.425. The molecule has 1 aliphatic carbocycles. The molecular formula is C12H24N2. The van der Waals surface area contributed by atoms with Gasteiger partial charge in [0.2, 0.25) is 0 Å². The molecule has 2 N–H and O–H groups in total. The van der Waals surface area contributed by atoms with E-state index in [0.717, 1.165) is 18.5 Å². The van der Waals surface area contributed by atoms with Gasteiger partial charge in [-0.15, -0.1) is 0 Å². The molecule has 1 heterocycles. The van der Waals surface area contributed by atoms with Crippen molar-refractivity contribution in [1.82, 2.24) is 4.90 Å². The van der Waals surface area contributed by atoms with Crippen molar-refractivity contribution in [2.45, 2.75) is 57.5 Å². The van der Waals surface area contributed by atoms with Crippen molar-refractivity contribution in [3.63, 3.8) is 0 Å². The van der Waals surface area contributed by atoms with Gasteiger partial charge >= 0.3 is 0 Å². The number of unbranched alkanes of at least 4 members (excludes halogenated alkanes) is 1. The van der Waals surface area contributed by atoms with E-state index in [0.29, 0.717) is 6.04 Å². The maximum Gasteiger partial charge on any atom is 0.0167 e. The summed E-state index contributed by atoms with van der Waals surface area (Å²) in [7, 11) is 0. The third-order valence-electron chi connectivity index (χ3n) is 3.92. The van der Waals surface area contributed by atoms with Crippen LogP contribution in [0.15, 0.2) is 0 Å². The molecule has 0 spiro atoms. The Bertz CT molecular complexity index is 181. The predicted octanol–water partition coefficient (Wildman–Crippen LogP) is 1.99. The van der Waals surface area contributed by atoms with E-state index in [4.69, 9.17) is 5.73 Å². The SMILES string of the molecule is CCCCC(N)CN1CC2CCC1C2. The van der Waals surface area contributed by atoms with Crippen LogP contribution in [0.5, 0.6) is 0 Å². The second kappa shape index (κ2) is 4.63. The zero-order chi connectivity index (χ0) is 9.97. The molecule has 2 heteroatoms. The number of rotatable bonds is 5. The molecule has 0 aromatic rings. The maximum absolute atomic E-state index is 6.13. The van der Waals surface area contributed by atoms with Gasteiger partial charge in [-0.3, -0.25) is 4.90 Å². The van der Waals surface area contributed by atoms with Crippen molar-refractivity contribution in [1.29, 1.82) is 0 Å². The highest BCUT2D eigenvalue weighted by Gasteiger charge is 2.37. The molecular weight excluding hydrogens is 172 g/mol. The molecule has 3 unspecified atom stereocenters. The molecule has 14 heavy (non-hydrogen) atoms. The van der Waals surface area contributed by atoms with Gasteiger partial charge in [-0.05, 0) is 31.6 Å². The molecule has 3 atom stereocenters. The van der Waals surface area contributed by atoms with Crippen LogP contribution in [0.4, 0.5) is 0 Å². The van der Waals surface area contributed by atoms with Gasteiger partial charge < -0.3 is 5.73 Å². The molecule has 1 saturated heterocycles. The Morgan fingerprint density at radius 2 is 2.29 bits per heavy atom. The van der Waals surface area contributed by atoms with Crippen molar-refractivity contribution >= 4 is 0 Å². The molecule has 0 radical (unpaired) electrons. The fourth-order valence-electron chi connectivity index (χ4n) is 3.11. The molecule has 0 aromatic carbocycles. The molecule has 2 nitrogen and oxygen atoms in total. The quantitative estimate of drug-likeness (QED) is 0.728. The normalized spacial score (nSPS) is 33.9. The summed E-state index contributed by atoms with van der Waals surface area (Å²) in [5.74, 6) is 1.01. The van der Waals surface area contributed by atoms with E-state index >= 15 is 0 Å². The number of likely N-dealkylation sites (tertiary alicyclic amines) is 1. The monoisotopic (exact) mass is 196 g/mol. The first kappa shape index (κ1) is 10.4. The van der Waals surface area contributed by atoms with Gasteiger partial charge in [0.25, 0.3) is 0 Å². The highest BCUT2D eigenvalue weighted by atomic mass is 15.2. The van der Waals surface area contributed by atoms with Crippen molar-refractivity contribution in [2.24, 2.45) is 11.7 Å². The van der Waals surface area contributed by atoms with E-state index in [1.807, 2.05) is 0 Å². The summed E-state index contributed by atoms with van der Waals surface area (Å²) in [6.45, 7) is 4.73. The van der Waals surface area contributed by atoms with E-state index in [9.17, 15) is 0 Å². The molecule has 2 bridgehead atoms. The van der Waals surface area contributed by atoms with Crippen molar-refractivity contribution in [3.05, 3.63) is 0 Å². The Morgan fingerprint density at radius 3 is 2.86 bits per heavy atom. The average molecular weight is 196 g/mol. The van der Waals surface area contributed by atoms with Crippen molar-refractivity contribution in [2.75, 3.05) is 13.1 Å². The molecule has 2 fully saturated rings. The van der Waals surface area contributed by atoms with Gasteiger partial charge in [-0.25, -0.2) is 0 Å². The van der Waals surface area contributed by atoms with Gasteiger partial charge in [-0.1, -0.05) is 19.8 Å². The summed E-state index contributed by atoms with van der Waals surface area (Å²) >= 11 is 0. The minimum Gasteiger partial charge on any atom is -0.327 e. The van der Waals surface area contributed by atoms with Crippen molar-refractivity contribution in [3.8, 4) is 0 Å². The highest BCUT2D eigenvalue weighted by Crippen LogP contribution is 2.37. The lowest BCUT2D eigenvalue weighted by molar-refractivity contribution is 0.198. The van der Waals surface area contributed by atoms with Gasteiger partial charge in [0, 0.05) is 25.2 Å². The Hall–Kier alpha value is -0.0800. The Morgan fingerprint density at radius 1 is 1.43 bits per heavy atom. The highest BCUT2D eigenvalue weighted by molar-refractivity contribution is 4.93. The average Bonchev–Trinajstić information content (AvgIpc) is 2.76. The predicted molar refractivity (Wildman–Crippen MR) is 60.2 cm³/mol. The topological polar surface area (TPSA) is 29.3 Å². The van der Waals surface area contributed by atoms with E-state index in [2.05, 4.69) is 11.8 Å². The summed E-state index contributed by atoms with van der Waals surface area (Å²) in [4.78, 5) is 2.65. The number of nitrogens with two attached hydrogens (primary N) is 1. The molecule has 1 aliphatic heterocycles. The largest absolute Gasteiger partial charge is 0.327 e. The number of piperidine rings is 1. The number of hydrogen-bond acceptors (Lipinski definition) is 2. The third kappa shape index (κ3) is 2.29. The zero-order valence-corrected chi connectivity index (χ0v) is 9.41. The van der Waals surface area contributed by atoms with Gasteiger partial charge in [0.1, 0.15) is 0 Å². The standard InChI is InChI=1S/C12H24N2/c1-2-3-4-11(13)9-14-8-10-5-6-12(14)7-10/h10-12H,2-9,13H2,1H3. The number of fused-ring (bicyclic) bond motifs is 2. The third-order valence-corrected chi connectivity index (χ3v) is 3.92. The van der Waals surface area contributed by atoms with Crippen LogP contribution in [-0.4, -0.2) is 30.1 Å². The molecule has 0 amide bonds. The molecule has 82 valence electrons. The summed E-state index contributed by atoms with van der Waals surface area (Å²) in [6.07, 6.45) is 8.16. The zero-order valence-electron chi connectivity index (χ0n) is 9.41. The fraction of sp³-hybridized carbons (Fsp3) is 1.00. The summed E-state index contributed by atoms with van der Waals surface area (Å²) in [6, 6.07) is 1.32. The van der Waals surface area contributed by atoms with Gasteiger partial charge in [0.15, 0.2) is 0 Å². The van der Waals surface area contributed by atoms with Crippen LogP contribution in [0.25, 0.3) is 0 Å². The van der Waals surface area contributed by atoms with Crippen molar-refractivity contribution < 1.29 is 0 Å². The summed E-state index contributed by atoms with van der Waals surface area (Å²) in [5, 5.41) is 0. The lowest BCUT2D eigenvalue weighted by atomic mass is 10.1. The molecule has 2 aliphatic rings. The molecule has 1 saturated carbocycles. The second-order valence-corrected chi connectivity index (χ2v) is 5.19. The van der Waals surface area contributed by atoms with E-state index in [-0.39, 0.29) is 0 Å². The lowest BCUT2D eigenvalue weighted by Gasteiger charge is -2.29. The second-order valence-electron chi connectivity index (χ2n) is 5.19. The van der Waals surface area contributed by atoms with E-state index < -0.39 is 0 Å². The van der Waals surface area contributed by atoms with Gasteiger partial charge in [-0.2, -0.15) is 0 Å². The van der Waals surface area contributed by atoms with E-state index in [1.54, 1.807) is 0 Å². The summed E-state index contributed by atoms with van der Waals surface area (Å²) < 4.78 is 0. The number of nitrogens with zero attached hydrogens (tertiary/aromatic N) is 1. The first-order valence-corrected chi connectivity index (χ1v) is 6.29. The van der Waals surface area contributed by atoms with Gasteiger partial charge in [0.05, 0.1) is 0 Å². The van der Waals surface area contributed by atoms with Crippen LogP contribution in [0.3, 0.4) is 0 Å². The summed E-state index contributed by atoms with van der Waals surface area (Å²) in [5.41, 5.74) is 6.13. The number of hydrogen-bond donors (Lipinski definition) is 1. The lowest BCUT2D eigenvalue weighted by Crippen LogP contribution is -2.41.